The van der Waals surface area contributed by atoms with E-state index in [0.29, 0.717) is 30.4 Å². The molecule has 0 spiro atoms. The van der Waals surface area contributed by atoms with E-state index in [4.69, 9.17) is 0 Å². The number of aromatic nitrogens is 1. The van der Waals surface area contributed by atoms with Crippen molar-refractivity contribution in [2.75, 3.05) is 24.5 Å². The van der Waals surface area contributed by atoms with E-state index in [1.807, 2.05) is 0 Å². The summed E-state index contributed by atoms with van der Waals surface area (Å²) < 4.78 is 0. The van der Waals surface area contributed by atoms with Crippen LogP contribution in [-0.4, -0.2) is 41.3 Å². The monoisotopic (exact) mass is 259 g/mol. The van der Waals surface area contributed by atoms with Crippen molar-refractivity contribution in [3.63, 3.8) is 0 Å². The first-order valence-electron chi connectivity index (χ1n) is 6.72. The molecule has 1 aromatic rings. The Bertz CT molecular complexity index is 523. The van der Waals surface area contributed by atoms with Crippen LogP contribution >= 0.6 is 0 Å². The predicted molar refractivity (Wildman–Crippen MR) is 70.9 cm³/mol. The molecule has 0 aliphatic carbocycles. The van der Waals surface area contributed by atoms with E-state index >= 15 is 0 Å². The minimum absolute atomic E-state index is 0.0356. The molecule has 0 atom stereocenters. The van der Waals surface area contributed by atoms with Gasteiger partial charge in [0.05, 0.1) is 0 Å². The lowest BCUT2D eigenvalue weighted by atomic mass is 10.0. The Labute approximate surface area is 112 Å². The second kappa shape index (κ2) is 4.64. The molecule has 1 aromatic heterocycles. The standard InChI is InChI=1S/C14H17N3O2/c1-10-8-16(9-10)14(19)11-4-2-5-12(15-11)17-7-3-6-13(17)18/h2,4-5,10H,3,6-9H2,1H3. The Morgan fingerprint density at radius 2 is 2.16 bits per heavy atom. The average molecular weight is 259 g/mol. The third kappa shape index (κ3) is 2.20. The van der Waals surface area contributed by atoms with E-state index in [-0.39, 0.29) is 11.8 Å². The molecule has 0 bridgehead atoms. The normalized spacial score (nSPS) is 19.7. The number of hydrogen-bond donors (Lipinski definition) is 0. The maximum atomic E-state index is 12.2. The zero-order valence-electron chi connectivity index (χ0n) is 11.0. The quantitative estimate of drug-likeness (QED) is 0.804. The van der Waals surface area contributed by atoms with Crippen molar-refractivity contribution >= 4 is 17.6 Å². The van der Waals surface area contributed by atoms with Crippen LogP contribution in [0.1, 0.15) is 30.3 Å². The molecule has 0 N–H and O–H groups in total. The maximum Gasteiger partial charge on any atom is 0.272 e. The summed E-state index contributed by atoms with van der Waals surface area (Å²) in [6.45, 7) is 4.42. The van der Waals surface area contributed by atoms with Crippen LogP contribution in [0.25, 0.3) is 0 Å². The fourth-order valence-corrected chi connectivity index (χ4v) is 2.61. The van der Waals surface area contributed by atoms with Crippen LogP contribution in [0.2, 0.25) is 0 Å². The molecule has 3 heterocycles. The molecular formula is C14H17N3O2. The van der Waals surface area contributed by atoms with Crippen LogP contribution in [0.4, 0.5) is 5.82 Å². The number of likely N-dealkylation sites (tertiary alicyclic amines) is 1. The highest BCUT2D eigenvalue weighted by molar-refractivity contribution is 5.96. The van der Waals surface area contributed by atoms with Gasteiger partial charge in [-0.25, -0.2) is 4.98 Å². The molecule has 2 amide bonds. The molecule has 0 unspecified atom stereocenters. The molecule has 2 saturated heterocycles. The zero-order valence-corrected chi connectivity index (χ0v) is 11.0. The number of carbonyl (C=O) groups is 2. The lowest BCUT2D eigenvalue weighted by Crippen LogP contribution is -2.48. The molecule has 2 aliphatic heterocycles. The third-order valence-corrected chi connectivity index (χ3v) is 3.65. The molecule has 19 heavy (non-hydrogen) atoms. The van der Waals surface area contributed by atoms with Crippen LogP contribution in [0.3, 0.4) is 0 Å². The zero-order chi connectivity index (χ0) is 13.4. The Kier molecular flexibility index (Phi) is 2.97. The van der Waals surface area contributed by atoms with Crippen molar-refractivity contribution in [2.45, 2.75) is 19.8 Å². The van der Waals surface area contributed by atoms with Crippen LogP contribution in [-0.2, 0) is 4.79 Å². The van der Waals surface area contributed by atoms with Gasteiger partial charge in [-0.1, -0.05) is 13.0 Å². The number of pyridine rings is 1. The van der Waals surface area contributed by atoms with Gasteiger partial charge in [0.1, 0.15) is 11.5 Å². The van der Waals surface area contributed by atoms with Gasteiger partial charge in [-0.3, -0.25) is 14.5 Å². The number of carbonyl (C=O) groups excluding carboxylic acids is 2. The second-order valence-corrected chi connectivity index (χ2v) is 5.35. The lowest BCUT2D eigenvalue weighted by Gasteiger charge is -2.36. The molecule has 100 valence electrons. The van der Waals surface area contributed by atoms with Crippen LogP contribution in [0, 0.1) is 5.92 Å². The molecule has 5 nitrogen and oxygen atoms in total. The van der Waals surface area contributed by atoms with Gasteiger partial charge in [-0.15, -0.1) is 0 Å². The highest BCUT2D eigenvalue weighted by Gasteiger charge is 2.29. The summed E-state index contributed by atoms with van der Waals surface area (Å²) in [5, 5.41) is 0. The smallest absolute Gasteiger partial charge is 0.272 e. The summed E-state index contributed by atoms with van der Waals surface area (Å²) >= 11 is 0. The maximum absolute atomic E-state index is 12.2. The van der Waals surface area contributed by atoms with Crippen molar-refractivity contribution in [3.05, 3.63) is 23.9 Å². The molecule has 0 saturated carbocycles. The summed E-state index contributed by atoms with van der Waals surface area (Å²) in [6.07, 6.45) is 1.44. The number of anilines is 1. The van der Waals surface area contributed by atoms with Crippen molar-refractivity contribution in [1.82, 2.24) is 9.88 Å². The summed E-state index contributed by atoms with van der Waals surface area (Å²) in [6, 6.07) is 5.30. The number of hydrogen-bond acceptors (Lipinski definition) is 3. The molecule has 2 fully saturated rings. The van der Waals surface area contributed by atoms with Crippen LogP contribution in [0.15, 0.2) is 18.2 Å². The first-order valence-corrected chi connectivity index (χ1v) is 6.72. The van der Waals surface area contributed by atoms with E-state index in [9.17, 15) is 9.59 Å². The SMILES string of the molecule is CC1CN(C(=O)c2cccc(N3CCCC3=O)n2)C1. The summed E-state index contributed by atoms with van der Waals surface area (Å²) in [5.41, 5.74) is 0.434. The Morgan fingerprint density at radius 3 is 2.79 bits per heavy atom. The van der Waals surface area contributed by atoms with Gasteiger partial charge >= 0.3 is 0 Å². The van der Waals surface area contributed by atoms with Gasteiger partial charge in [0, 0.05) is 26.1 Å². The highest BCUT2D eigenvalue weighted by atomic mass is 16.2. The topological polar surface area (TPSA) is 53.5 Å². The molecule has 0 aromatic carbocycles. The predicted octanol–water partition coefficient (Wildman–Crippen LogP) is 1.30. The molecule has 5 heteroatoms. The third-order valence-electron chi connectivity index (χ3n) is 3.65. The van der Waals surface area contributed by atoms with Gasteiger partial charge in [-0.05, 0) is 24.5 Å². The van der Waals surface area contributed by atoms with Gasteiger partial charge in [0.25, 0.3) is 5.91 Å². The first-order chi connectivity index (χ1) is 9.15. The van der Waals surface area contributed by atoms with E-state index < -0.39 is 0 Å². The van der Waals surface area contributed by atoms with E-state index in [1.54, 1.807) is 28.0 Å². The van der Waals surface area contributed by atoms with Gasteiger partial charge in [-0.2, -0.15) is 0 Å². The second-order valence-electron chi connectivity index (χ2n) is 5.35. The Hall–Kier alpha value is -1.91. The number of nitrogens with zero attached hydrogens (tertiary/aromatic N) is 3. The number of amides is 2. The van der Waals surface area contributed by atoms with Crippen LogP contribution < -0.4 is 4.90 Å². The fourth-order valence-electron chi connectivity index (χ4n) is 2.61. The summed E-state index contributed by atoms with van der Waals surface area (Å²) in [7, 11) is 0. The van der Waals surface area contributed by atoms with Gasteiger partial charge < -0.3 is 4.90 Å². The summed E-state index contributed by atoms with van der Waals surface area (Å²) in [4.78, 5) is 31.7. The highest BCUT2D eigenvalue weighted by Crippen LogP contribution is 2.21. The molecule has 0 radical (unpaired) electrons. The van der Waals surface area contributed by atoms with Crippen molar-refractivity contribution in [3.8, 4) is 0 Å². The average Bonchev–Trinajstić information content (AvgIpc) is 2.81. The molecule has 3 rings (SSSR count). The van der Waals surface area contributed by atoms with Crippen molar-refractivity contribution < 1.29 is 9.59 Å². The first kappa shape index (κ1) is 12.1. The van der Waals surface area contributed by atoms with Gasteiger partial charge in [0.15, 0.2) is 0 Å². The minimum Gasteiger partial charge on any atom is -0.337 e. The Balaban J connectivity index is 1.80. The molecule has 2 aliphatic rings. The van der Waals surface area contributed by atoms with Crippen molar-refractivity contribution in [2.24, 2.45) is 5.92 Å². The van der Waals surface area contributed by atoms with E-state index in [1.165, 1.54) is 0 Å². The fraction of sp³-hybridized carbons (Fsp3) is 0.500. The lowest BCUT2D eigenvalue weighted by molar-refractivity contribution is -0.117. The minimum atomic E-state index is -0.0356. The largest absolute Gasteiger partial charge is 0.337 e. The summed E-state index contributed by atoms with van der Waals surface area (Å²) in [5.74, 6) is 1.23. The number of rotatable bonds is 2. The van der Waals surface area contributed by atoms with E-state index in [2.05, 4.69) is 11.9 Å². The van der Waals surface area contributed by atoms with E-state index in [0.717, 1.165) is 19.5 Å². The van der Waals surface area contributed by atoms with Crippen molar-refractivity contribution in [1.29, 1.82) is 0 Å². The molecular weight excluding hydrogens is 242 g/mol. The Morgan fingerprint density at radius 1 is 1.37 bits per heavy atom. The van der Waals surface area contributed by atoms with Crippen LogP contribution in [0.5, 0.6) is 0 Å². The van der Waals surface area contributed by atoms with Gasteiger partial charge in [0.2, 0.25) is 5.91 Å².